The van der Waals surface area contributed by atoms with E-state index in [1.807, 2.05) is 0 Å². The number of rotatable bonds is 6. The number of amides is 1. The van der Waals surface area contributed by atoms with Crippen LogP contribution in [0.15, 0.2) is 47.4 Å². The summed E-state index contributed by atoms with van der Waals surface area (Å²) in [5, 5.41) is 2.84. The minimum Gasteiger partial charge on any atom is -0.465 e. The number of nitrogens with zero attached hydrogens (tertiary/aromatic N) is 1. The van der Waals surface area contributed by atoms with E-state index in [1.54, 1.807) is 24.3 Å². The minimum atomic E-state index is -3.75. The van der Waals surface area contributed by atoms with E-state index in [9.17, 15) is 18.0 Å². The zero-order chi connectivity index (χ0) is 21.7. The maximum Gasteiger partial charge on any atom is 0.337 e. The van der Waals surface area contributed by atoms with Crippen molar-refractivity contribution in [2.45, 2.75) is 30.7 Å². The van der Waals surface area contributed by atoms with Crippen molar-refractivity contribution >= 4 is 33.5 Å². The predicted octanol–water partition coefficient (Wildman–Crippen LogP) is 3.23. The second-order valence-electron chi connectivity index (χ2n) is 6.98. The molecule has 0 aliphatic carbocycles. The van der Waals surface area contributed by atoms with Gasteiger partial charge in [0.25, 0.3) is 5.91 Å². The van der Waals surface area contributed by atoms with Gasteiger partial charge in [0.1, 0.15) is 4.90 Å². The van der Waals surface area contributed by atoms with E-state index < -0.39 is 21.9 Å². The van der Waals surface area contributed by atoms with Crippen molar-refractivity contribution in [2.75, 3.05) is 20.2 Å². The van der Waals surface area contributed by atoms with Crippen LogP contribution in [0.4, 0.5) is 0 Å². The zero-order valence-electron chi connectivity index (χ0n) is 16.6. The molecule has 1 fully saturated rings. The summed E-state index contributed by atoms with van der Waals surface area (Å²) in [6.07, 6.45) is 2.63. The van der Waals surface area contributed by atoms with Crippen molar-refractivity contribution in [3.63, 3.8) is 0 Å². The maximum atomic E-state index is 12.9. The molecule has 1 N–H and O–H groups in total. The van der Waals surface area contributed by atoms with E-state index in [-0.39, 0.29) is 22.0 Å². The zero-order valence-corrected chi connectivity index (χ0v) is 18.1. The Morgan fingerprint density at radius 1 is 1.03 bits per heavy atom. The third-order valence-electron chi connectivity index (χ3n) is 4.95. The average Bonchev–Trinajstić information content (AvgIpc) is 2.78. The van der Waals surface area contributed by atoms with Gasteiger partial charge < -0.3 is 10.1 Å². The molecule has 0 unspecified atom stereocenters. The van der Waals surface area contributed by atoms with Crippen LogP contribution in [-0.4, -0.2) is 44.8 Å². The molecule has 7 nitrogen and oxygen atoms in total. The summed E-state index contributed by atoms with van der Waals surface area (Å²) in [5.74, 6) is -0.854. The van der Waals surface area contributed by atoms with Gasteiger partial charge in [-0.3, -0.25) is 4.79 Å². The predicted molar refractivity (Wildman–Crippen MR) is 113 cm³/mol. The van der Waals surface area contributed by atoms with Crippen molar-refractivity contribution in [2.24, 2.45) is 0 Å². The number of hydrogen-bond acceptors (Lipinski definition) is 5. The molecule has 0 aromatic heterocycles. The van der Waals surface area contributed by atoms with E-state index in [0.717, 1.165) is 24.8 Å². The second kappa shape index (κ2) is 9.59. The van der Waals surface area contributed by atoms with Crippen LogP contribution in [0.2, 0.25) is 5.02 Å². The van der Waals surface area contributed by atoms with Gasteiger partial charge in [0.15, 0.2) is 0 Å². The largest absolute Gasteiger partial charge is 0.465 e. The van der Waals surface area contributed by atoms with Crippen molar-refractivity contribution in [1.82, 2.24) is 9.62 Å². The third kappa shape index (κ3) is 5.00. The molecule has 1 amide bonds. The fraction of sp³-hybridized carbons (Fsp3) is 0.333. The number of carbonyl (C=O) groups is 2. The molecule has 160 valence electrons. The Balaban J connectivity index is 1.72. The van der Waals surface area contributed by atoms with E-state index in [0.29, 0.717) is 18.7 Å². The highest BCUT2D eigenvalue weighted by Crippen LogP contribution is 2.28. The lowest BCUT2D eigenvalue weighted by molar-refractivity contribution is 0.0600. The molecule has 0 radical (unpaired) electrons. The van der Waals surface area contributed by atoms with E-state index in [2.05, 4.69) is 10.1 Å². The van der Waals surface area contributed by atoms with Gasteiger partial charge >= 0.3 is 5.97 Å². The first-order chi connectivity index (χ1) is 14.3. The summed E-state index contributed by atoms with van der Waals surface area (Å²) in [6, 6.07) is 10.9. The standard InChI is InChI=1S/C21H23ClN2O5S/c1-29-21(26)16-7-5-15(6-8-16)14-23-20(25)17-9-10-18(22)19(13-17)30(27,28)24-11-3-2-4-12-24/h5-10,13H,2-4,11-12,14H2,1H3,(H,23,25). The van der Waals surface area contributed by atoms with Crippen LogP contribution in [0, 0.1) is 0 Å². The molecule has 30 heavy (non-hydrogen) atoms. The van der Waals surface area contributed by atoms with Crippen molar-refractivity contribution in [3.05, 3.63) is 64.2 Å². The molecule has 0 atom stereocenters. The Labute approximate surface area is 181 Å². The van der Waals surface area contributed by atoms with Crippen LogP contribution < -0.4 is 5.32 Å². The summed E-state index contributed by atoms with van der Waals surface area (Å²) < 4.78 is 32.0. The highest BCUT2D eigenvalue weighted by Gasteiger charge is 2.28. The smallest absolute Gasteiger partial charge is 0.337 e. The Morgan fingerprint density at radius 3 is 2.30 bits per heavy atom. The lowest BCUT2D eigenvalue weighted by atomic mass is 10.1. The quantitative estimate of drug-likeness (QED) is 0.682. The number of nitrogens with one attached hydrogen (secondary N) is 1. The first kappa shape index (κ1) is 22.3. The second-order valence-corrected chi connectivity index (χ2v) is 9.29. The Morgan fingerprint density at radius 2 is 1.67 bits per heavy atom. The van der Waals surface area contributed by atoms with Crippen LogP contribution in [0.25, 0.3) is 0 Å². The molecule has 2 aromatic carbocycles. The first-order valence-corrected chi connectivity index (χ1v) is 11.4. The number of esters is 1. The first-order valence-electron chi connectivity index (χ1n) is 9.58. The Kier molecular flexibility index (Phi) is 7.12. The third-order valence-corrected chi connectivity index (χ3v) is 7.33. The summed E-state index contributed by atoms with van der Waals surface area (Å²) >= 11 is 6.15. The SMILES string of the molecule is COC(=O)c1ccc(CNC(=O)c2ccc(Cl)c(S(=O)(=O)N3CCCCC3)c2)cc1. The number of sulfonamides is 1. The molecule has 0 spiro atoms. The molecule has 1 heterocycles. The summed E-state index contributed by atoms with van der Waals surface area (Å²) in [7, 11) is -2.45. The van der Waals surface area contributed by atoms with Gasteiger partial charge in [-0.1, -0.05) is 30.2 Å². The van der Waals surface area contributed by atoms with E-state index >= 15 is 0 Å². The highest BCUT2D eigenvalue weighted by atomic mass is 35.5. The maximum absolute atomic E-state index is 12.9. The van der Waals surface area contributed by atoms with Gasteiger partial charge in [-0.25, -0.2) is 13.2 Å². The molecule has 1 saturated heterocycles. The van der Waals surface area contributed by atoms with Crippen molar-refractivity contribution < 1.29 is 22.7 Å². The van der Waals surface area contributed by atoms with Crippen molar-refractivity contribution in [3.8, 4) is 0 Å². The molecule has 1 aliphatic heterocycles. The Bertz CT molecular complexity index is 1030. The molecule has 3 rings (SSSR count). The topological polar surface area (TPSA) is 92.8 Å². The van der Waals surface area contributed by atoms with E-state index in [1.165, 1.54) is 29.6 Å². The highest BCUT2D eigenvalue weighted by molar-refractivity contribution is 7.89. The van der Waals surface area contributed by atoms with Gasteiger partial charge in [-0.15, -0.1) is 0 Å². The number of benzene rings is 2. The fourth-order valence-electron chi connectivity index (χ4n) is 3.25. The van der Waals surface area contributed by atoms with Crippen LogP contribution in [0.1, 0.15) is 45.5 Å². The lowest BCUT2D eigenvalue weighted by Crippen LogP contribution is -2.36. The number of ether oxygens (including phenoxy) is 1. The molecular formula is C21H23ClN2O5S. The number of halogens is 1. The minimum absolute atomic E-state index is 0.0545. The number of carbonyl (C=O) groups excluding carboxylic acids is 2. The van der Waals surface area contributed by atoms with Crippen molar-refractivity contribution in [1.29, 1.82) is 0 Å². The fourth-order valence-corrected chi connectivity index (χ4v) is 5.27. The monoisotopic (exact) mass is 450 g/mol. The molecule has 0 bridgehead atoms. The number of methoxy groups -OCH3 is 1. The van der Waals surface area contributed by atoms with Crippen LogP contribution >= 0.6 is 11.6 Å². The normalized spacial score (nSPS) is 14.9. The van der Waals surface area contributed by atoms with Crippen LogP contribution in [0.3, 0.4) is 0 Å². The summed E-state index contributed by atoms with van der Waals surface area (Å²) in [6.45, 7) is 1.13. The molecular weight excluding hydrogens is 428 g/mol. The number of hydrogen-bond donors (Lipinski definition) is 1. The summed E-state index contributed by atoms with van der Waals surface area (Å²) in [5.41, 5.74) is 1.41. The molecule has 0 saturated carbocycles. The number of piperidine rings is 1. The van der Waals surface area contributed by atoms with Gasteiger partial charge in [0.2, 0.25) is 10.0 Å². The Hall–Kier alpha value is -2.42. The van der Waals surface area contributed by atoms with Gasteiger partial charge in [-0.2, -0.15) is 4.31 Å². The van der Waals surface area contributed by atoms with Gasteiger partial charge in [0, 0.05) is 25.2 Å². The summed E-state index contributed by atoms with van der Waals surface area (Å²) in [4.78, 5) is 24.0. The van der Waals surface area contributed by atoms with Crippen LogP contribution in [-0.2, 0) is 21.3 Å². The molecule has 1 aliphatic rings. The lowest BCUT2D eigenvalue weighted by Gasteiger charge is -2.26. The molecule has 9 heteroatoms. The van der Waals surface area contributed by atoms with Gasteiger partial charge in [-0.05, 0) is 48.7 Å². The van der Waals surface area contributed by atoms with Gasteiger partial charge in [0.05, 0.1) is 17.7 Å². The van der Waals surface area contributed by atoms with E-state index in [4.69, 9.17) is 11.6 Å². The average molecular weight is 451 g/mol. The van der Waals surface area contributed by atoms with Crippen LogP contribution in [0.5, 0.6) is 0 Å². The molecule has 2 aromatic rings.